The highest BCUT2D eigenvalue weighted by molar-refractivity contribution is 6.00. The van der Waals surface area contributed by atoms with Gasteiger partial charge in [-0.1, -0.05) is 69.5 Å². The maximum atomic E-state index is 14.4. The molecule has 3 aromatic carbocycles. The minimum atomic E-state index is -2.26. The van der Waals surface area contributed by atoms with Gasteiger partial charge < -0.3 is 82.0 Å². The van der Waals surface area contributed by atoms with Crippen molar-refractivity contribution in [1.82, 2.24) is 36.4 Å². The molecular formula is C53H71N7O16. The SMILES string of the molecule is CCCCCCOc1ccc(-c2ccc(C(=O)NC3CC(O)C(O)NC(=O)C4C(O)C(C)CN4C(=O)C(C(C)O)NC(=O)C(C(O)Cc4ccc(O)cc4)NC(=O)C4CC(O)CN4C(=O)C(C(C)O)NC3=O)cc2)cc1. The Hall–Kier alpha value is -6.73. The van der Waals surface area contributed by atoms with Gasteiger partial charge in [-0.2, -0.15) is 0 Å². The van der Waals surface area contributed by atoms with Crippen molar-refractivity contribution >= 4 is 41.4 Å². The van der Waals surface area contributed by atoms with Gasteiger partial charge in [-0.05, 0) is 73.4 Å². The summed E-state index contributed by atoms with van der Waals surface area (Å²) >= 11 is 0. The summed E-state index contributed by atoms with van der Waals surface area (Å²) in [7, 11) is 0. The number of fused-ring (bicyclic) bond motifs is 2. The van der Waals surface area contributed by atoms with Crippen LogP contribution in [-0.2, 0) is 35.2 Å². The zero-order valence-corrected chi connectivity index (χ0v) is 42.8. The Kier molecular flexibility index (Phi) is 20.3. The zero-order valence-electron chi connectivity index (χ0n) is 42.8. The summed E-state index contributed by atoms with van der Waals surface area (Å²) < 4.78 is 5.85. The fraction of sp³-hybridized carbons (Fsp3) is 0.528. The molecule has 23 nitrogen and oxygen atoms in total. The first-order chi connectivity index (χ1) is 36.1. The summed E-state index contributed by atoms with van der Waals surface area (Å²) in [6, 6.07) is 8.01. The number of carbonyl (C=O) groups is 7. The first-order valence-electron chi connectivity index (χ1n) is 25.6. The first kappa shape index (κ1) is 58.5. The molecule has 0 bridgehead atoms. The Balaban J connectivity index is 1.32. The van der Waals surface area contributed by atoms with E-state index in [-0.39, 0.29) is 24.3 Å². The summed E-state index contributed by atoms with van der Waals surface area (Å²) in [4.78, 5) is 101. The number of unbranched alkanes of at least 4 members (excludes halogenated alkanes) is 3. The van der Waals surface area contributed by atoms with Gasteiger partial charge in [0.05, 0.1) is 37.1 Å². The second kappa shape index (κ2) is 26.4. The normalized spacial score (nSPS) is 28.4. The van der Waals surface area contributed by atoms with Crippen LogP contribution in [0.15, 0.2) is 72.8 Å². The summed E-state index contributed by atoms with van der Waals surface area (Å²) in [5.41, 5.74) is 1.92. The van der Waals surface area contributed by atoms with Crippen molar-refractivity contribution in [3.05, 3.63) is 83.9 Å². The topological polar surface area (TPSA) is 357 Å². The molecule has 6 rings (SSSR count). The molecule has 23 heteroatoms. The molecule has 3 aliphatic rings. The molecule has 3 fully saturated rings. The largest absolute Gasteiger partial charge is 0.508 e. The van der Waals surface area contributed by atoms with E-state index in [2.05, 4.69) is 33.5 Å². The fourth-order valence-corrected chi connectivity index (χ4v) is 9.51. The van der Waals surface area contributed by atoms with Crippen LogP contribution >= 0.6 is 0 Å². The second-order valence-electron chi connectivity index (χ2n) is 20.0. The van der Waals surface area contributed by atoms with Crippen LogP contribution in [0, 0.1) is 5.92 Å². The smallest absolute Gasteiger partial charge is 0.251 e. The van der Waals surface area contributed by atoms with E-state index in [1.165, 1.54) is 43.3 Å². The lowest BCUT2D eigenvalue weighted by Crippen LogP contribution is -2.64. The monoisotopic (exact) mass is 1060 g/mol. The van der Waals surface area contributed by atoms with Crippen molar-refractivity contribution in [3.63, 3.8) is 0 Å². The van der Waals surface area contributed by atoms with Crippen LogP contribution in [0.3, 0.4) is 0 Å². The molecule has 0 radical (unpaired) electrons. The Labute approximate surface area is 439 Å². The predicted octanol–water partition coefficient (Wildman–Crippen LogP) is -1.69. The van der Waals surface area contributed by atoms with Crippen molar-refractivity contribution in [3.8, 4) is 22.6 Å². The van der Waals surface area contributed by atoms with Crippen LogP contribution in [0.2, 0.25) is 0 Å². The van der Waals surface area contributed by atoms with Crippen LogP contribution in [0.1, 0.15) is 82.1 Å². The van der Waals surface area contributed by atoms with Gasteiger partial charge in [0.1, 0.15) is 53.9 Å². The van der Waals surface area contributed by atoms with Crippen LogP contribution in [0.4, 0.5) is 0 Å². The van der Waals surface area contributed by atoms with Crippen LogP contribution in [0.25, 0.3) is 11.1 Å². The second-order valence-corrected chi connectivity index (χ2v) is 20.0. The number of aliphatic hydroxyl groups is 7. The molecule has 76 heavy (non-hydrogen) atoms. The number of hydrogen-bond acceptors (Lipinski definition) is 16. The Morgan fingerprint density at radius 2 is 1.26 bits per heavy atom. The van der Waals surface area contributed by atoms with E-state index in [1.807, 2.05) is 24.3 Å². The molecule has 3 saturated heterocycles. The van der Waals surface area contributed by atoms with Crippen LogP contribution in [0.5, 0.6) is 11.5 Å². The molecule has 14 unspecified atom stereocenters. The maximum absolute atomic E-state index is 14.4. The number of aromatic hydroxyl groups is 1. The average molecular weight is 1060 g/mol. The number of amides is 7. The van der Waals surface area contributed by atoms with Gasteiger partial charge in [-0.25, -0.2) is 0 Å². The number of phenolic OH excluding ortho intramolecular Hbond substituents is 1. The van der Waals surface area contributed by atoms with E-state index in [0.717, 1.165) is 60.5 Å². The minimum absolute atomic E-state index is 0.0291. The molecular weight excluding hydrogens is 991 g/mol. The number of nitrogens with one attached hydrogen (secondary N) is 5. The Morgan fingerprint density at radius 1 is 0.684 bits per heavy atom. The van der Waals surface area contributed by atoms with E-state index < -0.39 is 146 Å². The van der Waals surface area contributed by atoms with Gasteiger partial charge in [0, 0.05) is 43.8 Å². The van der Waals surface area contributed by atoms with Crippen molar-refractivity contribution in [1.29, 1.82) is 0 Å². The molecule has 0 aliphatic carbocycles. The molecule has 7 amide bonds. The number of aliphatic hydroxyl groups excluding tert-OH is 7. The molecule has 3 aliphatic heterocycles. The number of benzene rings is 3. The standard InChI is InChI=1S/C53H71N7O16/c1-5-6-7-8-21-76-36-19-15-32(16-20-36)31-11-13-33(14-12-31)46(68)54-37-24-40(66)49(71)58-51(73)44-45(67)27(2)25-60(44)53(75)42(29(4)62)56-50(72)43(39(65)22-30-9-17-34(63)18-10-30)57-48(70)38-23-35(64)26-59(38)52(74)41(28(3)61)55-47(37)69/h9-20,27-29,35,37-45,49,61-67,71H,5-8,21-26H2,1-4H3,(H,54,68)(H,55,69)(H,56,72)(H,57,70)(H,58,73). The number of nitrogens with zero attached hydrogens (tertiary/aromatic N) is 2. The van der Waals surface area contributed by atoms with Crippen LogP contribution in [-0.4, -0.2) is 191 Å². The van der Waals surface area contributed by atoms with E-state index in [0.29, 0.717) is 17.9 Å². The number of ether oxygens (including phenoxy) is 1. The van der Waals surface area contributed by atoms with Crippen molar-refractivity contribution in [2.45, 2.75) is 152 Å². The van der Waals surface area contributed by atoms with E-state index in [1.54, 1.807) is 12.1 Å². The van der Waals surface area contributed by atoms with Gasteiger partial charge in [-0.3, -0.25) is 33.6 Å². The lowest BCUT2D eigenvalue weighted by molar-refractivity contribution is -0.148. The summed E-state index contributed by atoms with van der Waals surface area (Å²) in [5.74, 6) is -8.11. The minimum Gasteiger partial charge on any atom is -0.508 e. The summed E-state index contributed by atoms with van der Waals surface area (Å²) in [6.07, 6.45) is -10.0. The van der Waals surface area contributed by atoms with Crippen molar-refractivity contribution < 1.29 is 79.2 Å². The van der Waals surface area contributed by atoms with E-state index in [9.17, 15) is 74.4 Å². The third kappa shape index (κ3) is 14.6. The summed E-state index contributed by atoms with van der Waals surface area (Å²) in [5, 5.41) is 99.8. The summed E-state index contributed by atoms with van der Waals surface area (Å²) in [6.45, 7) is 5.61. The van der Waals surface area contributed by atoms with Crippen molar-refractivity contribution in [2.24, 2.45) is 5.92 Å². The first-order valence-corrected chi connectivity index (χ1v) is 25.6. The van der Waals surface area contributed by atoms with E-state index >= 15 is 0 Å². The number of phenols is 1. The highest BCUT2D eigenvalue weighted by Gasteiger charge is 2.50. The molecule has 13 N–H and O–H groups in total. The van der Waals surface area contributed by atoms with Gasteiger partial charge >= 0.3 is 0 Å². The lowest BCUT2D eigenvalue weighted by Gasteiger charge is -2.33. The fourth-order valence-electron chi connectivity index (χ4n) is 9.51. The van der Waals surface area contributed by atoms with Gasteiger partial charge in [0.2, 0.25) is 35.4 Å². The molecule has 0 saturated carbocycles. The van der Waals surface area contributed by atoms with Gasteiger partial charge in [0.15, 0.2) is 6.23 Å². The molecule has 3 aromatic rings. The Bertz CT molecular complexity index is 2500. The molecule has 3 heterocycles. The number of hydrogen-bond donors (Lipinski definition) is 13. The predicted molar refractivity (Wildman–Crippen MR) is 271 cm³/mol. The molecule has 0 spiro atoms. The molecule has 0 aromatic heterocycles. The van der Waals surface area contributed by atoms with Gasteiger partial charge in [0.25, 0.3) is 5.91 Å². The maximum Gasteiger partial charge on any atom is 0.251 e. The number of rotatable bonds is 14. The van der Waals surface area contributed by atoms with Gasteiger partial charge in [-0.15, -0.1) is 0 Å². The third-order valence-electron chi connectivity index (χ3n) is 13.9. The Morgan fingerprint density at radius 3 is 1.87 bits per heavy atom. The quantitative estimate of drug-likeness (QED) is 0.0801. The number of carbonyl (C=O) groups excluding carboxylic acids is 7. The third-order valence-corrected chi connectivity index (χ3v) is 13.9. The molecule has 414 valence electrons. The van der Waals surface area contributed by atoms with E-state index in [4.69, 9.17) is 4.74 Å². The average Bonchev–Trinajstić information content (AvgIpc) is 3.93. The zero-order chi connectivity index (χ0) is 55.5. The highest BCUT2D eigenvalue weighted by atomic mass is 16.5. The molecule has 14 atom stereocenters. The highest BCUT2D eigenvalue weighted by Crippen LogP contribution is 2.28. The van der Waals surface area contributed by atoms with Crippen molar-refractivity contribution in [2.75, 3.05) is 19.7 Å². The lowest BCUT2D eigenvalue weighted by atomic mass is 9.99. The van der Waals surface area contributed by atoms with Crippen LogP contribution < -0.4 is 31.3 Å².